The van der Waals surface area contributed by atoms with E-state index in [1.54, 1.807) is 0 Å². The summed E-state index contributed by atoms with van der Waals surface area (Å²) in [6, 6.07) is 0. The van der Waals surface area contributed by atoms with Crippen LogP contribution < -0.4 is 5.73 Å². The fourth-order valence-electron chi connectivity index (χ4n) is 6.28. The lowest BCUT2D eigenvalue weighted by atomic mass is 10.0. The second-order valence-electron chi connectivity index (χ2n) is 13.5. The molecule has 0 unspecified atom stereocenters. The van der Waals surface area contributed by atoms with Crippen molar-refractivity contribution >= 4 is 0 Å². The lowest BCUT2D eigenvalue weighted by Crippen LogP contribution is -1.97. The first-order valence-corrected chi connectivity index (χ1v) is 19.8. The van der Waals surface area contributed by atoms with Gasteiger partial charge in [0.05, 0.1) is 0 Å². The molecule has 0 bridgehead atoms. The Kier molecular flexibility index (Phi) is 39.4. The fourth-order valence-corrected chi connectivity index (χ4v) is 6.28. The summed E-state index contributed by atoms with van der Waals surface area (Å²) in [4.78, 5) is 0. The van der Waals surface area contributed by atoms with E-state index in [4.69, 9.17) is 5.73 Å². The van der Waals surface area contributed by atoms with Crippen LogP contribution in [-0.2, 0) is 0 Å². The SMILES string of the molecule is CCCCCCCCC=CCCCCCCCCCCCCCCCCCCCCCCCCCCCCCCN. The zero-order valence-corrected chi connectivity index (χ0v) is 28.9. The molecule has 0 aliphatic heterocycles. The molecule has 246 valence electrons. The summed E-state index contributed by atoms with van der Waals surface area (Å²) in [5, 5.41) is 0. The van der Waals surface area contributed by atoms with Crippen LogP contribution in [0.4, 0.5) is 0 Å². The summed E-state index contributed by atoms with van der Waals surface area (Å²) in [5.74, 6) is 0. The van der Waals surface area contributed by atoms with E-state index in [0.717, 1.165) is 6.54 Å². The van der Waals surface area contributed by atoms with E-state index in [0.29, 0.717) is 0 Å². The Morgan fingerprint density at radius 1 is 0.268 bits per heavy atom. The molecule has 0 amide bonds. The predicted octanol–water partition coefficient (Wildman–Crippen LogP) is 14.6. The van der Waals surface area contributed by atoms with E-state index < -0.39 is 0 Å². The monoisotopic (exact) mass is 576 g/mol. The molecule has 0 fully saturated rings. The van der Waals surface area contributed by atoms with Crippen molar-refractivity contribution in [3.63, 3.8) is 0 Å². The van der Waals surface area contributed by atoms with Gasteiger partial charge in [0.2, 0.25) is 0 Å². The zero-order chi connectivity index (χ0) is 29.6. The lowest BCUT2D eigenvalue weighted by Gasteiger charge is -2.04. The largest absolute Gasteiger partial charge is 0.330 e. The van der Waals surface area contributed by atoms with E-state index in [2.05, 4.69) is 19.1 Å². The minimum absolute atomic E-state index is 0.874. The van der Waals surface area contributed by atoms with Gasteiger partial charge in [0.1, 0.15) is 0 Å². The maximum Gasteiger partial charge on any atom is -0.00773 e. The van der Waals surface area contributed by atoms with Crippen LogP contribution in [0.2, 0.25) is 0 Å². The zero-order valence-electron chi connectivity index (χ0n) is 28.9. The molecule has 0 heterocycles. The van der Waals surface area contributed by atoms with Crippen LogP contribution >= 0.6 is 0 Å². The molecule has 0 radical (unpaired) electrons. The molecule has 0 aliphatic carbocycles. The second-order valence-corrected chi connectivity index (χ2v) is 13.5. The molecular weight excluding hydrogens is 494 g/mol. The van der Waals surface area contributed by atoms with Crippen molar-refractivity contribution < 1.29 is 0 Å². The molecule has 41 heavy (non-hydrogen) atoms. The summed E-state index contributed by atoms with van der Waals surface area (Å²) < 4.78 is 0. The number of rotatable bonds is 37. The molecule has 1 heteroatoms. The molecule has 0 saturated heterocycles. The van der Waals surface area contributed by atoms with Gasteiger partial charge in [-0.2, -0.15) is 0 Å². The molecule has 0 saturated carbocycles. The molecule has 0 aromatic rings. The first-order valence-electron chi connectivity index (χ1n) is 19.8. The van der Waals surface area contributed by atoms with Crippen molar-refractivity contribution in [1.29, 1.82) is 0 Å². The van der Waals surface area contributed by atoms with Crippen molar-refractivity contribution in [2.75, 3.05) is 6.54 Å². The highest BCUT2D eigenvalue weighted by Crippen LogP contribution is 2.16. The van der Waals surface area contributed by atoms with Gasteiger partial charge in [-0.15, -0.1) is 0 Å². The highest BCUT2D eigenvalue weighted by molar-refractivity contribution is 4.81. The fraction of sp³-hybridized carbons (Fsp3) is 0.950. The van der Waals surface area contributed by atoms with Crippen molar-refractivity contribution in [3.05, 3.63) is 12.2 Å². The average molecular weight is 576 g/mol. The highest BCUT2D eigenvalue weighted by atomic mass is 14.5. The van der Waals surface area contributed by atoms with Gasteiger partial charge in [0, 0.05) is 0 Å². The van der Waals surface area contributed by atoms with Gasteiger partial charge in [-0.1, -0.05) is 218 Å². The summed E-state index contributed by atoms with van der Waals surface area (Å²) >= 11 is 0. The van der Waals surface area contributed by atoms with Crippen LogP contribution in [0.25, 0.3) is 0 Å². The molecule has 1 nitrogen and oxygen atoms in total. The summed E-state index contributed by atoms with van der Waals surface area (Å²) in [5.41, 5.74) is 5.55. The van der Waals surface area contributed by atoms with E-state index >= 15 is 0 Å². The Morgan fingerprint density at radius 3 is 0.683 bits per heavy atom. The third kappa shape index (κ3) is 39.7. The van der Waals surface area contributed by atoms with Gasteiger partial charge in [0.25, 0.3) is 0 Å². The van der Waals surface area contributed by atoms with E-state index in [-0.39, 0.29) is 0 Å². The van der Waals surface area contributed by atoms with Crippen LogP contribution in [0.1, 0.15) is 238 Å². The molecule has 0 aromatic heterocycles. The molecule has 0 aromatic carbocycles. The van der Waals surface area contributed by atoms with Crippen molar-refractivity contribution in [2.24, 2.45) is 5.73 Å². The Bertz CT molecular complexity index is 456. The van der Waals surface area contributed by atoms with Crippen LogP contribution in [0.15, 0.2) is 12.2 Å². The number of nitrogens with two attached hydrogens (primary N) is 1. The highest BCUT2D eigenvalue weighted by Gasteiger charge is 1.97. The van der Waals surface area contributed by atoms with Gasteiger partial charge in [-0.3, -0.25) is 0 Å². The van der Waals surface area contributed by atoms with Crippen molar-refractivity contribution in [2.45, 2.75) is 238 Å². The molecule has 0 aliphatic rings. The predicted molar refractivity (Wildman–Crippen MR) is 190 cm³/mol. The van der Waals surface area contributed by atoms with E-state index in [1.807, 2.05) is 0 Å². The maximum atomic E-state index is 5.55. The Morgan fingerprint density at radius 2 is 0.463 bits per heavy atom. The van der Waals surface area contributed by atoms with E-state index in [1.165, 1.54) is 231 Å². The average Bonchev–Trinajstić information content (AvgIpc) is 2.98. The Balaban J connectivity index is 3.05. The van der Waals surface area contributed by atoms with Gasteiger partial charge in [0.15, 0.2) is 0 Å². The Hall–Kier alpha value is -0.300. The second kappa shape index (κ2) is 39.7. The Labute approximate surface area is 262 Å². The van der Waals surface area contributed by atoms with Gasteiger partial charge in [-0.25, -0.2) is 0 Å². The first-order chi connectivity index (χ1) is 20.4. The third-order valence-corrected chi connectivity index (χ3v) is 9.22. The standard InChI is InChI=1S/C40H81N/c1-2-3-4-5-6-7-8-9-10-11-12-13-14-15-16-17-18-19-20-21-22-23-24-25-26-27-28-29-30-31-32-33-34-35-36-37-38-39-40-41/h9-10H,2-8,11-41H2,1H3. The van der Waals surface area contributed by atoms with Gasteiger partial charge >= 0.3 is 0 Å². The summed E-state index contributed by atoms with van der Waals surface area (Å²) in [6.45, 7) is 3.17. The van der Waals surface area contributed by atoms with Crippen molar-refractivity contribution in [1.82, 2.24) is 0 Å². The van der Waals surface area contributed by atoms with Gasteiger partial charge in [-0.05, 0) is 38.6 Å². The van der Waals surface area contributed by atoms with Crippen LogP contribution in [0.5, 0.6) is 0 Å². The molecule has 0 atom stereocenters. The number of hydrogen-bond acceptors (Lipinski definition) is 1. The molecular formula is C40H81N. The van der Waals surface area contributed by atoms with E-state index in [9.17, 15) is 0 Å². The van der Waals surface area contributed by atoms with Gasteiger partial charge < -0.3 is 5.73 Å². The maximum absolute atomic E-state index is 5.55. The molecule has 0 spiro atoms. The normalized spacial score (nSPS) is 11.8. The smallest absolute Gasteiger partial charge is 0.00773 e. The quantitative estimate of drug-likeness (QED) is 0.0578. The number of allylic oxidation sites excluding steroid dienone is 2. The van der Waals surface area contributed by atoms with Crippen LogP contribution in [0.3, 0.4) is 0 Å². The van der Waals surface area contributed by atoms with Crippen LogP contribution in [0, 0.1) is 0 Å². The minimum Gasteiger partial charge on any atom is -0.330 e. The topological polar surface area (TPSA) is 26.0 Å². The molecule has 0 rings (SSSR count). The lowest BCUT2D eigenvalue weighted by molar-refractivity contribution is 0.514. The third-order valence-electron chi connectivity index (χ3n) is 9.22. The first kappa shape index (κ1) is 40.7. The number of unbranched alkanes of at least 4 members (excludes halogenated alkanes) is 34. The summed E-state index contributed by atoms with van der Waals surface area (Å²) in [6.07, 6.45) is 56.8. The minimum atomic E-state index is 0.874. The number of hydrogen-bond donors (Lipinski definition) is 1. The molecule has 2 N–H and O–H groups in total. The van der Waals surface area contributed by atoms with Crippen molar-refractivity contribution in [3.8, 4) is 0 Å². The summed E-state index contributed by atoms with van der Waals surface area (Å²) in [7, 11) is 0. The van der Waals surface area contributed by atoms with Crippen LogP contribution in [-0.4, -0.2) is 6.54 Å².